The first kappa shape index (κ1) is 19.8. The highest BCUT2D eigenvalue weighted by Gasteiger charge is 2.27. The van der Waals surface area contributed by atoms with Crippen LogP contribution >= 0.6 is 11.6 Å². The van der Waals surface area contributed by atoms with E-state index in [1.54, 1.807) is 13.1 Å². The minimum atomic E-state index is -3.52. The minimum absolute atomic E-state index is 0.0121. The molecule has 0 unspecified atom stereocenters. The van der Waals surface area contributed by atoms with Gasteiger partial charge in [0.1, 0.15) is 5.82 Å². The molecule has 2 aromatic rings. The summed E-state index contributed by atoms with van der Waals surface area (Å²) in [7, 11) is -1.98. The molecule has 3 rings (SSSR count). The molecule has 0 atom stereocenters. The number of carbonyl (C=O) groups is 1. The molecule has 1 aliphatic rings. The molecule has 144 valence electrons. The van der Waals surface area contributed by atoms with Gasteiger partial charge in [0.25, 0.3) is 5.91 Å². The number of nitrogens with zero attached hydrogens (tertiary/aromatic N) is 2. The van der Waals surface area contributed by atoms with Crippen LogP contribution in [0.4, 0.5) is 4.39 Å². The molecule has 1 saturated heterocycles. The van der Waals surface area contributed by atoms with E-state index in [1.165, 1.54) is 45.6 Å². The van der Waals surface area contributed by atoms with Gasteiger partial charge in [0.2, 0.25) is 10.0 Å². The number of hydrogen-bond donors (Lipinski definition) is 0. The molecule has 5 nitrogen and oxygen atoms in total. The molecular weight excluding hydrogens is 391 g/mol. The fourth-order valence-electron chi connectivity index (χ4n) is 3.06. The molecule has 1 amide bonds. The maximum absolute atomic E-state index is 13.9. The third-order valence-electron chi connectivity index (χ3n) is 4.61. The molecule has 0 spiro atoms. The van der Waals surface area contributed by atoms with E-state index in [0.29, 0.717) is 18.7 Å². The molecule has 2 aromatic carbocycles. The van der Waals surface area contributed by atoms with E-state index in [9.17, 15) is 17.6 Å². The molecule has 0 bridgehead atoms. The Hall–Kier alpha value is -1.96. The summed E-state index contributed by atoms with van der Waals surface area (Å²) in [4.78, 5) is 14.1. The summed E-state index contributed by atoms with van der Waals surface area (Å²) < 4.78 is 40.4. The summed E-state index contributed by atoms with van der Waals surface area (Å²) in [5.74, 6) is -0.825. The fourth-order valence-corrected chi connectivity index (χ4v) is 4.80. The van der Waals surface area contributed by atoms with Crippen molar-refractivity contribution >= 4 is 27.5 Å². The third-order valence-corrected chi connectivity index (χ3v) is 6.87. The SMILES string of the molecule is CN(Cc1c(F)cccc1Cl)C(=O)c1ccc(S(=O)(=O)N2CCCC2)cc1. The van der Waals surface area contributed by atoms with Crippen LogP contribution in [-0.4, -0.2) is 43.7 Å². The Bertz CT molecular complexity index is 922. The zero-order valence-electron chi connectivity index (χ0n) is 14.9. The van der Waals surface area contributed by atoms with Crippen molar-refractivity contribution in [1.29, 1.82) is 0 Å². The van der Waals surface area contributed by atoms with Crippen molar-refractivity contribution in [3.8, 4) is 0 Å². The first-order chi connectivity index (χ1) is 12.8. The summed E-state index contributed by atoms with van der Waals surface area (Å²) in [6.45, 7) is 1.06. The Morgan fingerprint density at radius 2 is 1.78 bits per heavy atom. The van der Waals surface area contributed by atoms with E-state index >= 15 is 0 Å². The standard InChI is InChI=1S/C19H20ClFN2O3S/c1-22(13-16-17(20)5-4-6-18(16)21)19(24)14-7-9-15(10-8-14)27(25,26)23-11-2-3-12-23/h4-10H,2-3,11-13H2,1H3. The summed E-state index contributed by atoms with van der Waals surface area (Å²) >= 11 is 6.01. The average Bonchev–Trinajstić information content (AvgIpc) is 3.20. The van der Waals surface area contributed by atoms with Gasteiger partial charge in [-0.05, 0) is 49.2 Å². The van der Waals surface area contributed by atoms with Crippen LogP contribution in [0.15, 0.2) is 47.4 Å². The lowest BCUT2D eigenvalue weighted by molar-refractivity contribution is 0.0784. The molecule has 0 N–H and O–H groups in total. The van der Waals surface area contributed by atoms with Gasteiger partial charge in [0.15, 0.2) is 0 Å². The second kappa shape index (κ2) is 7.96. The fraction of sp³-hybridized carbons (Fsp3) is 0.316. The minimum Gasteiger partial charge on any atom is -0.337 e. The van der Waals surface area contributed by atoms with Crippen LogP contribution in [0, 0.1) is 5.82 Å². The van der Waals surface area contributed by atoms with Gasteiger partial charge in [-0.25, -0.2) is 12.8 Å². The normalized spacial score (nSPS) is 15.1. The number of benzene rings is 2. The number of amides is 1. The van der Waals surface area contributed by atoms with Crippen molar-refractivity contribution in [2.24, 2.45) is 0 Å². The summed E-state index contributed by atoms with van der Waals surface area (Å²) in [5.41, 5.74) is 0.564. The van der Waals surface area contributed by atoms with Crippen LogP contribution in [0.3, 0.4) is 0 Å². The Kier molecular flexibility index (Phi) is 5.83. The van der Waals surface area contributed by atoms with Crippen LogP contribution < -0.4 is 0 Å². The summed E-state index contributed by atoms with van der Waals surface area (Å²) in [5, 5.41) is 0.252. The highest BCUT2D eigenvalue weighted by Crippen LogP contribution is 2.23. The van der Waals surface area contributed by atoms with Gasteiger partial charge in [-0.1, -0.05) is 17.7 Å². The van der Waals surface area contributed by atoms with Crippen LogP contribution in [0.25, 0.3) is 0 Å². The van der Waals surface area contributed by atoms with Gasteiger partial charge in [-0.2, -0.15) is 4.31 Å². The van der Waals surface area contributed by atoms with Crippen molar-refractivity contribution in [3.05, 3.63) is 64.4 Å². The summed E-state index contributed by atoms with van der Waals surface area (Å²) in [6, 6.07) is 10.2. The van der Waals surface area contributed by atoms with Crippen LogP contribution in [0.1, 0.15) is 28.8 Å². The van der Waals surface area contributed by atoms with E-state index in [4.69, 9.17) is 11.6 Å². The predicted octanol–water partition coefficient (Wildman–Crippen LogP) is 3.54. The number of sulfonamides is 1. The molecule has 8 heteroatoms. The Balaban J connectivity index is 1.75. The first-order valence-corrected chi connectivity index (χ1v) is 10.4. The monoisotopic (exact) mass is 410 g/mol. The number of hydrogen-bond acceptors (Lipinski definition) is 3. The molecule has 0 aromatic heterocycles. The van der Waals surface area contributed by atoms with Gasteiger partial charge >= 0.3 is 0 Å². The molecule has 1 heterocycles. The van der Waals surface area contributed by atoms with Crippen molar-refractivity contribution in [1.82, 2.24) is 9.21 Å². The van der Waals surface area contributed by atoms with Gasteiger partial charge < -0.3 is 4.90 Å². The maximum Gasteiger partial charge on any atom is 0.253 e. The zero-order valence-corrected chi connectivity index (χ0v) is 16.4. The first-order valence-electron chi connectivity index (χ1n) is 8.59. The number of halogens is 2. The van der Waals surface area contributed by atoms with E-state index in [2.05, 4.69) is 0 Å². The Morgan fingerprint density at radius 1 is 1.15 bits per heavy atom. The van der Waals surface area contributed by atoms with Gasteiger partial charge in [0.05, 0.1) is 4.90 Å². The van der Waals surface area contributed by atoms with Crippen molar-refractivity contribution in [3.63, 3.8) is 0 Å². The third kappa shape index (κ3) is 4.15. The highest BCUT2D eigenvalue weighted by atomic mass is 35.5. The van der Waals surface area contributed by atoms with E-state index < -0.39 is 15.8 Å². The van der Waals surface area contributed by atoms with Gasteiger partial charge in [0, 0.05) is 42.8 Å². The lowest BCUT2D eigenvalue weighted by Gasteiger charge is -2.19. The van der Waals surface area contributed by atoms with Crippen LogP contribution in [-0.2, 0) is 16.6 Å². The lowest BCUT2D eigenvalue weighted by Crippen LogP contribution is -2.28. The van der Waals surface area contributed by atoms with Crippen molar-refractivity contribution in [2.45, 2.75) is 24.3 Å². The number of carbonyl (C=O) groups excluding carboxylic acids is 1. The average molecular weight is 411 g/mol. The zero-order chi connectivity index (χ0) is 19.6. The van der Waals surface area contributed by atoms with Gasteiger partial charge in [-0.3, -0.25) is 4.79 Å². The van der Waals surface area contributed by atoms with Crippen LogP contribution in [0.2, 0.25) is 5.02 Å². The molecule has 1 aliphatic heterocycles. The quantitative estimate of drug-likeness (QED) is 0.757. The second-order valence-electron chi connectivity index (χ2n) is 6.50. The van der Waals surface area contributed by atoms with E-state index in [-0.39, 0.29) is 27.9 Å². The van der Waals surface area contributed by atoms with Gasteiger partial charge in [-0.15, -0.1) is 0 Å². The molecule has 27 heavy (non-hydrogen) atoms. The summed E-state index contributed by atoms with van der Waals surface area (Å²) in [6.07, 6.45) is 1.72. The Labute approximate surface area is 163 Å². The lowest BCUT2D eigenvalue weighted by atomic mass is 10.1. The number of rotatable bonds is 5. The second-order valence-corrected chi connectivity index (χ2v) is 8.84. The largest absolute Gasteiger partial charge is 0.337 e. The van der Waals surface area contributed by atoms with E-state index in [0.717, 1.165) is 12.8 Å². The molecular formula is C19H20ClFN2O3S. The molecule has 0 saturated carbocycles. The topological polar surface area (TPSA) is 57.7 Å². The van der Waals surface area contributed by atoms with Crippen LogP contribution in [0.5, 0.6) is 0 Å². The maximum atomic E-state index is 13.9. The Morgan fingerprint density at radius 3 is 2.37 bits per heavy atom. The smallest absolute Gasteiger partial charge is 0.253 e. The predicted molar refractivity (Wildman–Crippen MR) is 102 cm³/mol. The van der Waals surface area contributed by atoms with E-state index in [1.807, 2.05) is 0 Å². The highest BCUT2D eigenvalue weighted by molar-refractivity contribution is 7.89. The molecule has 0 aliphatic carbocycles. The molecule has 0 radical (unpaired) electrons. The van der Waals surface area contributed by atoms with Crippen molar-refractivity contribution in [2.75, 3.05) is 20.1 Å². The molecule has 1 fully saturated rings. The van der Waals surface area contributed by atoms with Crippen molar-refractivity contribution < 1.29 is 17.6 Å².